The molecular weight excluding hydrogens is 140 g/mol. The highest BCUT2D eigenvalue weighted by molar-refractivity contribution is 8.73. The summed E-state index contributed by atoms with van der Waals surface area (Å²) < 4.78 is 10.6. The van der Waals surface area contributed by atoms with Crippen molar-refractivity contribution in [2.45, 2.75) is 0 Å². The Kier molecular flexibility index (Phi) is 5.37. The van der Waals surface area contributed by atoms with Crippen LogP contribution in [0.1, 0.15) is 0 Å². The average Bonchev–Trinajstić information content (AvgIpc) is 1.68. The van der Waals surface area contributed by atoms with E-state index in [1.807, 2.05) is 0 Å². The quantitative estimate of drug-likeness (QED) is 0.344. The molecule has 0 N–H and O–H groups in total. The third-order valence-electron chi connectivity index (χ3n) is 0.429. The lowest BCUT2D eigenvalue weighted by atomic mass is 10.8. The molecule has 0 saturated carbocycles. The predicted octanol–water partition coefficient (Wildman–Crippen LogP) is 1.71. The summed E-state index contributed by atoms with van der Waals surface area (Å²) in [5.41, 5.74) is 0. The van der Waals surface area contributed by atoms with Gasteiger partial charge >= 0.3 is 0 Å². The molecule has 0 radical (unpaired) electrons. The molecule has 0 spiro atoms. The van der Waals surface area contributed by atoms with Crippen molar-refractivity contribution < 1.29 is 4.55 Å². The van der Waals surface area contributed by atoms with Crippen LogP contribution < -0.4 is 0 Å². The van der Waals surface area contributed by atoms with Gasteiger partial charge in [-0.1, -0.05) is 13.2 Å². The lowest BCUT2D eigenvalue weighted by molar-refractivity contribution is 0.612. The fourth-order valence-electron chi connectivity index (χ4n) is 0.211. The summed E-state index contributed by atoms with van der Waals surface area (Å²) in [6, 6.07) is 0. The van der Waals surface area contributed by atoms with E-state index in [9.17, 15) is 4.55 Å². The zero-order chi connectivity index (χ0) is 6.41. The number of hydrogen-bond donors (Lipinski definition) is 0. The maximum absolute atomic E-state index is 10.6. The molecule has 0 aromatic rings. The summed E-state index contributed by atoms with van der Waals surface area (Å²) in [5.74, 6) is 0.538. The SMILES string of the molecule is C=CC[S@@+]([O-])SC=C. The minimum Gasteiger partial charge on any atom is -0.605 e. The van der Waals surface area contributed by atoms with Gasteiger partial charge in [0.05, 0.1) is 0 Å². The summed E-state index contributed by atoms with van der Waals surface area (Å²) in [6.07, 6.45) is 1.63. The Hall–Kier alpha value is 0.140. The van der Waals surface area contributed by atoms with Crippen molar-refractivity contribution in [2.24, 2.45) is 0 Å². The van der Waals surface area contributed by atoms with Crippen molar-refractivity contribution in [3.63, 3.8) is 0 Å². The fourth-order valence-corrected chi connectivity index (χ4v) is 1.61. The summed E-state index contributed by atoms with van der Waals surface area (Å²) in [5, 5.41) is 1.57. The molecule has 0 aromatic carbocycles. The molecule has 0 heterocycles. The predicted molar refractivity (Wildman–Crippen MR) is 41.0 cm³/mol. The van der Waals surface area contributed by atoms with E-state index in [0.717, 1.165) is 0 Å². The number of rotatable bonds is 4. The molecule has 3 heteroatoms. The summed E-state index contributed by atoms with van der Waals surface area (Å²) in [4.78, 5) is 0. The van der Waals surface area contributed by atoms with Gasteiger partial charge in [-0.25, -0.2) is 0 Å². The molecule has 0 unspecified atom stereocenters. The van der Waals surface area contributed by atoms with Crippen LogP contribution in [0.3, 0.4) is 0 Å². The lowest BCUT2D eigenvalue weighted by Gasteiger charge is -1.99. The summed E-state index contributed by atoms with van der Waals surface area (Å²) in [6.45, 7) is 6.86. The second kappa shape index (κ2) is 5.28. The van der Waals surface area contributed by atoms with Gasteiger partial charge < -0.3 is 4.55 Å². The topological polar surface area (TPSA) is 23.1 Å². The van der Waals surface area contributed by atoms with Crippen LogP contribution in [-0.2, 0) is 10.2 Å². The molecule has 1 atom stereocenters. The normalized spacial score (nSPS) is 12.6. The first kappa shape index (κ1) is 8.14. The van der Waals surface area contributed by atoms with Gasteiger partial charge in [-0.3, -0.25) is 0 Å². The zero-order valence-electron chi connectivity index (χ0n) is 4.50. The molecule has 0 bridgehead atoms. The van der Waals surface area contributed by atoms with Crippen LogP contribution >= 0.6 is 10.8 Å². The average molecular weight is 148 g/mol. The van der Waals surface area contributed by atoms with Crippen LogP contribution in [0.4, 0.5) is 0 Å². The molecule has 46 valence electrons. The largest absolute Gasteiger partial charge is 0.605 e. The molecule has 0 amide bonds. The van der Waals surface area contributed by atoms with Crippen molar-refractivity contribution in [3.8, 4) is 0 Å². The second-order valence-electron chi connectivity index (χ2n) is 1.02. The minimum absolute atomic E-state index is 0.538. The van der Waals surface area contributed by atoms with E-state index < -0.39 is 10.2 Å². The Balaban J connectivity index is 3.16. The van der Waals surface area contributed by atoms with E-state index in [0.29, 0.717) is 5.75 Å². The Labute approximate surface area is 56.4 Å². The van der Waals surface area contributed by atoms with E-state index in [1.165, 1.54) is 10.8 Å². The van der Waals surface area contributed by atoms with Gasteiger partial charge in [-0.2, -0.15) is 0 Å². The van der Waals surface area contributed by atoms with Crippen molar-refractivity contribution in [3.05, 3.63) is 24.6 Å². The Morgan fingerprint density at radius 1 is 1.62 bits per heavy atom. The molecule has 0 aliphatic carbocycles. The van der Waals surface area contributed by atoms with Crippen LogP contribution in [0, 0.1) is 0 Å². The maximum atomic E-state index is 10.6. The highest BCUT2D eigenvalue weighted by Gasteiger charge is 1.98. The van der Waals surface area contributed by atoms with Crippen molar-refractivity contribution in [1.29, 1.82) is 0 Å². The zero-order valence-corrected chi connectivity index (χ0v) is 6.13. The second-order valence-corrected chi connectivity index (χ2v) is 4.18. The summed E-state index contributed by atoms with van der Waals surface area (Å²) in [7, 11) is 0.381. The van der Waals surface area contributed by atoms with Gasteiger partial charge in [0.2, 0.25) is 0 Å². The van der Waals surface area contributed by atoms with E-state index in [4.69, 9.17) is 0 Å². The standard InChI is InChI=1S/C5H8OS2/c1-3-5-8(6)7-4-2/h3-4H,1-2,5H2/t8-/m0/s1. The molecule has 1 nitrogen and oxygen atoms in total. The van der Waals surface area contributed by atoms with E-state index in [1.54, 1.807) is 11.5 Å². The van der Waals surface area contributed by atoms with Gasteiger partial charge in [0, 0.05) is 15.6 Å². The third-order valence-corrected chi connectivity index (χ3v) is 2.75. The first-order valence-electron chi connectivity index (χ1n) is 2.08. The van der Waals surface area contributed by atoms with Gasteiger partial charge in [0.25, 0.3) is 0 Å². The van der Waals surface area contributed by atoms with Gasteiger partial charge in [-0.15, -0.1) is 0 Å². The Morgan fingerprint density at radius 2 is 2.25 bits per heavy atom. The summed E-state index contributed by atoms with van der Waals surface area (Å²) >= 11 is 0. The van der Waals surface area contributed by atoms with Crippen LogP contribution in [0.5, 0.6) is 0 Å². The smallest absolute Gasteiger partial charge is 0.136 e. The van der Waals surface area contributed by atoms with E-state index >= 15 is 0 Å². The van der Waals surface area contributed by atoms with Gasteiger partial charge in [0.15, 0.2) is 0 Å². The first-order chi connectivity index (χ1) is 3.81. The Morgan fingerprint density at radius 3 is 2.62 bits per heavy atom. The first-order valence-corrected chi connectivity index (χ1v) is 4.80. The highest BCUT2D eigenvalue weighted by Crippen LogP contribution is 2.12. The Bertz CT molecular complexity index is 72.5. The van der Waals surface area contributed by atoms with Crippen molar-refractivity contribution in [1.82, 2.24) is 0 Å². The van der Waals surface area contributed by atoms with Crippen LogP contribution in [0.25, 0.3) is 0 Å². The fraction of sp³-hybridized carbons (Fsp3) is 0.200. The molecule has 0 rings (SSSR count). The van der Waals surface area contributed by atoms with Gasteiger partial charge in [0.1, 0.15) is 16.5 Å². The van der Waals surface area contributed by atoms with Gasteiger partial charge in [-0.05, 0) is 6.08 Å². The molecule has 0 aliphatic rings. The van der Waals surface area contributed by atoms with E-state index in [2.05, 4.69) is 13.2 Å². The third kappa shape index (κ3) is 4.30. The van der Waals surface area contributed by atoms with Crippen molar-refractivity contribution >= 4 is 21.0 Å². The molecule has 8 heavy (non-hydrogen) atoms. The highest BCUT2D eigenvalue weighted by atomic mass is 33.1. The molecule has 0 fully saturated rings. The van der Waals surface area contributed by atoms with Crippen LogP contribution in [0.2, 0.25) is 0 Å². The minimum atomic E-state index is -0.840. The number of hydrogen-bond acceptors (Lipinski definition) is 2. The molecule has 0 aromatic heterocycles. The molecule has 0 aliphatic heterocycles. The molecule has 0 saturated heterocycles. The lowest BCUT2D eigenvalue weighted by Crippen LogP contribution is -1.94. The molecular formula is C5H8OS2. The van der Waals surface area contributed by atoms with Crippen molar-refractivity contribution in [2.75, 3.05) is 5.75 Å². The van der Waals surface area contributed by atoms with Crippen LogP contribution in [-0.4, -0.2) is 10.3 Å². The monoisotopic (exact) mass is 148 g/mol. The van der Waals surface area contributed by atoms with Crippen LogP contribution in [0.15, 0.2) is 24.6 Å². The maximum Gasteiger partial charge on any atom is 0.136 e. The van der Waals surface area contributed by atoms with E-state index in [-0.39, 0.29) is 0 Å².